The minimum Gasteiger partial charge on any atom is -0.490 e. The van der Waals surface area contributed by atoms with Crippen LogP contribution in [0.15, 0.2) is 18.2 Å². The number of benzene rings is 1. The van der Waals surface area contributed by atoms with E-state index in [0.717, 1.165) is 25.7 Å². The van der Waals surface area contributed by atoms with E-state index in [4.69, 9.17) is 28.4 Å². The molecule has 0 aromatic heterocycles. The highest BCUT2D eigenvalue weighted by Crippen LogP contribution is 2.29. The molecule has 0 unspecified atom stereocenters. The number of carbonyl (C=O) groups excluding carboxylic acids is 4. The summed E-state index contributed by atoms with van der Waals surface area (Å²) in [4.78, 5) is 49.3. The SMILES string of the molecule is CCCCOc1ccc(C[C@H](NC(=O)OC(C)(C)C)C(=O)OCOC(=O)CCCNC(=O)OC(C)(C)C)cc1OCCCC. The van der Waals surface area contributed by atoms with Gasteiger partial charge in [-0.25, -0.2) is 14.4 Å². The first-order chi connectivity index (χ1) is 20.6. The Kier molecular flexibility index (Phi) is 17.0. The fourth-order valence-electron chi connectivity index (χ4n) is 3.51. The van der Waals surface area contributed by atoms with Gasteiger partial charge >= 0.3 is 24.1 Å². The van der Waals surface area contributed by atoms with Crippen LogP contribution >= 0.6 is 0 Å². The highest BCUT2D eigenvalue weighted by Gasteiger charge is 2.27. The highest BCUT2D eigenvalue weighted by atomic mass is 16.7. The van der Waals surface area contributed by atoms with Crippen molar-refractivity contribution in [2.45, 2.75) is 118 Å². The van der Waals surface area contributed by atoms with Crippen LogP contribution in [0.5, 0.6) is 11.5 Å². The first-order valence-corrected chi connectivity index (χ1v) is 15.3. The number of nitrogens with one attached hydrogen (secondary N) is 2. The van der Waals surface area contributed by atoms with E-state index in [-0.39, 0.29) is 19.4 Å². The number of unbranched alkanes of at least 4 members (excludes halogenated alkanes) is 2. The van der Waals surface area contributed by atoms with E-state index in [1.54, 1.807) is 59.7 Å². The molecule has 1 aromatic rings. The summed E-state index contributed by atoms with van der Waals surface area (Å²) < 4.78 is 32.5. The molecule has 0 saturated carbocycles. The fraction of sp³-hybridized carbons (Fsp3) is 0.688. The van der Waals surface area contributed by atoms with E-state index in [0.29, 0.717) is 36.7 Å². The summed E-state index contributed by atoms with van der Waals surface area (Å²) in [5.74, 6) is -0.280. The molecule has 0 spiro atoms. The van der Waals surface area contributed by atoms with Crippen LogP contribution < -0.4 is 20.1 Å². The van der Waals surface area contributed by atoms with Gasteiger partial charge in [-0.05, 0) is 78.5 Å². The third-order valence-electron chi connectivity index (χ3n) is 5.58. The number of esters is 2. The second-order valence-electron chi connectivity index (χ2n) is 12.2. The second kappa shape index (κ2) is 19.6. The number of ether oxygens (including phenoxy) is 6. The molecule has 2 amide bonds. The van der Waals surface area contributed by atoms with Crippen molar-refractivity contribution in [3.05, 3.63) is 23.8 Å². The Balaban J connectivity index is 2.83. The lowest BCUT2D eigenvalue weighted by Crippen LogP contribution is -2.45. The normalized spacial score (nSPS) is 12.0. The monoisotopic (exact) mass is 624 g/mol. The van der Waals surface area contributed by atoms with Crippen molar-refractivity contribution in [1.82, 2.24) is 10.6 Å². The summed E-state index contributed by atoms with van der Waals surface area (Å²) in [6, 6.07) is 4.20. The van der Waals surface area contributed by atoms with Crippen LogP contribution in [0, 0.1) is 0 Å². The van der Waals surface area contributed by atoms with Crippen molar-refractivity contribution < 1.29 is 47.6 Å². The molecular formula is C32H52N2O10. The van der Waals surface area contributed by atoms with Crippen molar-refractivity contribution in [2.24, 2.45) is 0 Å². The quantitative estimate of drug-likeness (QED) is 0.0885. The number of alkyl carbamates (subject to hydrolysis) is 2. The third kappa shape index (κ3) is 18.1. The summed E-state index contributed by atoms with van der Waals surface area (Å²) in [5, 5.41) is 5.11. The van der Waals surface area contributed by atoms with E-state index in [9.17, 15) is 19.2 Å². The zero-order valence-corrected chi connectivity index (χ0v) is 27.7. The number of hydrogen-bond donors (Lipinski definition) is 2. The second-order valence-corrected chi connectivity index (χ2v) is 12.2. The molecule has 0 heterocycles. The average molecular weight is 625 g/mol. The fourth-order valence-corrected chi connectivity index (χ4v) is 3.51. The van der Waals surface area contributed by atoms with Gasteiger partial charge in [0.15, 0.2) is 11.5 Å². The molecule has 1 aromatic carbocycles. The molecule has 0 aliphatic rings. The van der Waals surface area contributed by atoms with Gasteiger partial charge < -0.3 is 39.1 Å². The van der Waals surface area contributed by atoms with Crippen LogP contribution in [0.2, 0.25) is 0 Å². The van der Waals surface area contributed by atoms with Crippen molar-refractivity contribution in [3.63, 3.8) is 0 Å². The van der Waals surface area contributed by atoms with Crippen molar-refractivity contribution in [2.75, 3.05) is 26.6 Å². The Bertz CT molecular complexity index is 1050. The maximum Gasteiger partial charge on any atom is 0.408 e. The number of hydrogen-bond acceptors (Lipinski definition) is 10. The van der Waals surface area contributed by atoms with E-state index in [1.807, 2.05) is 0 Å². The average Bonchev–Trinajstić information content (AvgIpc) is 2.90. The molecular weight excluding hydrogens is 572 g/mol. The molecule has 1 atom stereocenters. The van der Waals surface area contributed by atoms with Gasteiger partial charge in [0.2, 0.25) is 6.79 Å². The summed E-state index contributed by atoms with van der Waals surface area (Å²) in [6.45, 7) is 15.1. The van der Waals surface area contributed by atoms with Crippen LogP contribution in [0.1, 0.15) is 99.5 Å². The molecule has 0 saturated heterocycles. The molecule has 0 aliphatic carbocycles. The minimum atomic E-state index is -1.14. The lowest BCUT2D eigenvalue weighted by Gasteiger charge is -2.23. The molecule has 12 heteroatoms. The van der Waals surface area contributed by atoms with Crippen LogP contribution in [-0.2, 0) is 35.0 Å². The van der Waals surface area contributed by atoms with Gasteiger partial charge in [-0.15, -0.1) is 0 Å². The molecule has 0 aliphatic heterocycles. The predicted molar refractivity (Wildman–Crippen MR) is 165 cm³/mol. The first-order valence-electron chi connectivity index (χ1n) is 15.3. The first kappa shape index (κ1) is 38.3. The largest absolute Gasteiger partial charge is 0.490 e. The van der Waals surface area contributed by atoms with Crippen LogP contribution in [0.25, 0.3) is 0 Å². The molecule has 2 N–H and O–H groups in total. The number of amides is 2. The van der Waals surface area contributed by atoms with E-state index in [2.05, 4.69) is 24.5 Å². The maximum atomic E-state index is 13.0. The van der Waals surface area contributed by atoms with Gasteiger partial charge in [-0.1, -0.05) is 32.8 Å². The Morgan fingerprint density at radius 3 is 1.95 bits per heavy atom. The van der Waals surface area contributed by atoms with Crippen molar-refractivity contribution >= 4 is 24.1 Å². The molecule has 44 heavy (non-hydrogen) atoms. The standard InChI is InChI=1S/C32H52N2O10/c1-9-11-18-39-25-16-15-23(21-26(25)40-19-12-10-2)20-24(34-30(38)44-32(6,7)8)28(36)42-22-41-27(35)14-13-17-33-29(37)43-31(3,4)5/h15-16,21,24H,9-14,17-20,22H2,1-8H3,(H,33,37)(H,34,38)/t24-/m0/s1. The lowest BCUT2D eigenvalue weighted by molar-refractivity contribution is -0.168. The Morgan fingerprint density at radius 1 is 0.773 bits per heavy atom. The Hall–Kier alpha value is -3.70. The summed E-state index contributed by atoms with van der Waals surface area (Å²) in [6.07, 6.45) is 2.69. The van der Waals surface area contributed by atoms with Gasteiger partial charge in [-0.3, -0.25) is 4.79 Å². The van der Waals surface area contributed by atoms with Gasteiger partial charge in [-0.2, -0.15) is 0 Å². The zero-order valence-electron chi connectivity index (χ0n) is 27.7. The van der Waals surface area contributed by atoms with Gasteiger partial charge in [0, 0.05) is 19.4 Å². The molecule has 0 bridgehead atoms. The van der Waals surface area contributed by atoms with Crippen molar-refractivity contribution in [1.29, 1.82) is 0 Å². The molecule has 250 valence electrons. The van der Waals surface area contributed by atoms with E-state index in [1.165, 1.54) is 0 Å². The van der Waals surface area contributed by atoms with Crippen LogP contribution in [0.4, 0.5) is 9.59 Å². The summed E-state index contributed by atoms with van der Waals surface area (Å²) >= 11 is 0. The highest BCUT2D eigenvalue weighted by molar-refractivity contribution is 5.82. The maximum absolute atomic E-state index is 13.0. The lowest BCUT2D eigenvalue weighted by atomic mass is 10.1. The van der Waals surface area contributed by atoms with E-state index < -0.39 is 48.2 Å². The van der Waals surface area contributed by atoms with Crippen LogP contribution in [-0.4, -0.2) is 67.9 Å². The number of rotatable bonds is 18. The van der Waals surface area contributed by atoms with Crippen molar-refractivity contribution in [3.8, 4) is 11.5 Å². The molecule has 12 nitrogen and oxygen atoms in total. The Morgan fingerprint density at radius 2 is 1.36 bits per heavy atom. The molecule has 0 radical (unpaired) electrons. The summed E-state index contributed by atoms with van der Waals surface area (Å²) in [7, 11) is 0. The van der Waals surface area contributed by atoms with Crippen LogP contribution in [0.3, 0.4) is 0 Å². The van der Waals surface area contributed by atoms with Gasteiger partial charge in [0.1, 0.15) is 17.2 Å². The van der Waals surface area contributed by atoms with Gasteiger partial charge in [0.05, 0.1) is 13.2 Å². The topological polar surface area (TPSA) is 148 Å². The zero-order chi connectivity index (χ0) is 33.2. The molecule has 1 rings (SSSR count). The smallest absolute Gasteiger partial charge is 0.408 e. The Labute approximate surface area is 261 Å². The molecule has 0 fully saturated rings. The van der Waals surface area contributed by atoms with E-state index >= 15 is 0 Å². The minimum absolute atomic E-state index is 0.0135. The third-order valence-corrected chi connectivity index (χ3v) is 5.58. The predicted octanol–water partition coefficient (Wildman–Crippen LogP) is 5.83. The van der Waals surface area contributed by atoms with Gasteiger partial charge in [0.25, 0.3) is 0 Å². The number of carbonyl (C=O) groups is 4. The summed E-state index contributed by atoms with van der Waals surface area (Å²) in [5.41, 5.74) is -0.726.